The number of hydrogen-bond donors (Lipinski definition) is 1. The predicted octanol–water partition coefficient (Wildman–Crippen LogP) is 4.07. The van der Waals surface area contributed by atoms with Gasteiger partial charge in [0.25, 0.3) is 0 Å². The number of carbonyl (C=O) groups is 2. The quantitative estimate of drug-likeness (QED) is 0.687. The molecule has 1 aliphatic heterocycles. The summed E-state index contributed by atoms with van der Waals surface area (Å²) in [7, 11) is 1.67. The van der Waals surface area contributed by atoms with Crippen LogP contribution in [0.25, 0.3) is 0 Å². The van der Waals surface area contributed by atoms with Crippen LogP contribution in [-0.2, 0) is 9.59 Å². The third-order valence-corrected chi connectivity index (χ3v) is 5.56. The van der Waals surface area contributed by atoms with E-state index >= 15 is 0 Å². The number of nitrogens with one attached hydrogen (secondary N) is 1. The summed E-state index contributed by atoms with van der Waals surface area (Å²) < 4.78 is 10.8. The van der Waals surface area contributed by atoms with Crippen LogP contribution >= 0.6 is 11.8 Å². The normalized spacial score (nSPS) is 17.3. The van der Waals surface area contributed by atoms with Gasteiger partial charge in [0.05, 0.1) is 18.9 Å². The van der Waals surface area contributed by atoms with E-state index in [-0.39, 0.29) is 18.2 Å². The summed E-state index contributed by atoms with van der Waals surface area (Å²) in [4.78, 5) is 31.0. The van der Waals surface area contributed by atoms with Crippen molar-refractivity contribution in [3.63, 3.8) is 0 Å². The van der Waals surface area contributed by atoms with Crippen LogP contribution in [0.2, 0.25) is 0 Å². The van der Waals surface area contributed by atoms with Crippen molar-refractivity contribution in [2.24, 2.45) is 4.99 Å². The zero-order valence-electron chi connectivity index (χ0n) is 17.3. The van der Waals surface area contributed by atoms with Gasteiger partial charge in [-0.25, -0.2) is 4.99 Å². The first-order valence-corrected chi connectivity index (χ1v) is 10.7. The molecule has 2 aromatic rings. The molecule has 1 fully saturated rings. The first-order valence-electron chi connectivity index (χ1n) is 9.78. The van der Waals surface area contributed by atoms with Gasteiger partial charge in [-0.15, -0.1) is 0 Å². The molecule has 1 aliphatic rings. The van der Waals surface area contributed by atoms with Crippen molar-refractivity contribution in [1.82, 2.24) is 4.90 Å². The number of amidine groups is 1. The van der Waals surface area contributed by atoms with Crippen LogP contribution in [0.5, 0.6) is 11.5 Å². The average Bonchev–Trinajstić information content (AvgIpc) is 2.99. The highest BCUT2D eigenvalue weighted by molar-refractivity contribution is 8.15. The summed E-state index contributed by atoms with van der Waals surface area (Å²) in [5, 5.41) is 2.90. The largest absolute Gasteiger partial charge is 0.494 e. The number of amides is 2. The van der Waals surface area contributed by atoms with Crippen molar-refractivity contribution in [3.05, 3.63) is 48.5 Å². The molecule has 1 unspecified atom stereocenters. The average molecular weight is 428 g/mol. The second-order valence-corrected chi connectivity index (χ2v) is 7.70. The molecule has 1 heterocycles. The lowest BCUT2D eigenvalue weighted by atomic mass is 10.2. The van der Waals surface area contributed by atoms with E-state index in [9.17, 15) is 9.59 Å². The van der Waals surface area contributed by atoms with Crippen molar-refractivity contribution < 1.29 is 19.1 Å². The molecule has 2 amide bonds. The molecule has 158 valence electrons. The highest BCUT2D eigenvalue weighted by atomic mass is 32.2. The standard InChI is InChI=1S/C22H25N3O4S/c1-4-28-17-10-6-15(7-11-17)23-20(26)14-19-21(27)25(3)22(30-19)24-16-8-12-18(13-9-16)29-5-2/h6-13,19H,4-5,14H2,1-3H3,(H,23,26). The Kier molecular flexibility index (Phi) is 7.35. The lowest BCUT2D eigenvalue weighted by molar-refractivity contribution is -0.127. The monoisotopic (exact) mass is 427 g/mol. The fourth-order valence-electron chi connectivity index (χ4n) is 2.87. The molecule has 1 atom stereocenters. The minimum Gasteiger partial charge on any atom is -0.494 e. The van der Waals surface area contributed by atoms with Gasteiger partial charge in [0, 0.05) is 19.2 Å². The maximum Gasteiger partial charge on any atom is 0.242 e. The summed E-state index contributed by atoms with van der Waals surface area (Å²) >= 11 is 1.30. The molecule has 0 radical (unpaired) electrons. The van der Waals surface area contributed by atoms with E-state index in [2.05, 4.69) is 10.3 Å². The summed E-state index contributed by atoms with van der Waals surface area (Å²) in [6.45, 7) is 5.02. The van der Waals surface area contributed by atoms with Crippen molar-refractivity contribution in [2.75, 3.05) is 25.6 Å². The molecule has 1 N–H and O–H groups in total. The summed E-state index contributed by atoms with van der Waals surface area (Å²) in [6, 6.07) is 14.5. The maximum atomic E-state index is 12.6. The molecule has 0 aliphatic carbocycles. The highest BCUT2D eigenvalue weighted by Crippen LogP contribution is 2.31. The lowest BCUT2D eigenvalue weighted by Crippen LogP contribution is -2.30. The van der Waals surface area contributed by atoms with Crippen LogP contribution in [0.15, 0.2) is 53.5 Å². The van der Waals surface area contributed by atoms with Gasteiger partial charge in [0.15, 0.2) is 5.17 Å². The molecule has 0 bridgehead atoms. The Morgan fingerprint density at radius 2 is 1.60 bits per heavy atom. The number of hydrogen-bond acceptors (Lipinski definition) is 6. The van der Waals surface area contributed by atoms with Crippen molar-refractivity contribution in [3.8, 4) is 11.5 Å². The Bertz CT molecular complexity index is 913. The third kappa shape index (κ3) is 5.54. The Morgan fingerprint density at radius 3 is 2.17 bits per heavy atom. The molecule has 1 saturated heterocycles. The molecule has 7 nitrogen and oxygen atoms in total. The number of anilines is 1. The Labute approximate surface area is 180 Å². The van der Waals surface area contributed by atoms with E-state index in [1.54, 1.807) is 31.3 Å². The number of ether oxygens (including phenoxy) is 2. The van der Waals surface area contributed by atoms with Gasteiger partial charge >= 0.3 is 0 Å². The van der Waals surface area contributed by atoms with Crippen molar-refractivity contribution in [2.45, 2.75) is 25.5 Å². The summed E-state index contributed by atoms with van der Waals surface area (Å²) in [5.74, 6) is 1.16. The maximum absolute atomic E-state index is 12.6. The van der Waals surface area contributed by atoms with Gasteiger partial charge in [-0.3, -0.25) is 14.5 Å². The number of nitrogens with zero attached hydrogens (tertiary/aromatic N) is 2. The van der Waals surface area contributed by atoms with Gasteiger partial charge in [-0.1, -0.05) is 11.8 Å². The molecule has 8 heteroatoms. The zero-order valence-corrected chi connectivity index (χ0v) is 18.1. The second-order valence-electron chi connectivity index (χ2n) is 6.53. The Hall–Kier alpha value is -3.00. The van der Waals surface area contributed by atoms with E-state index in [4.69, 9.17) is 9.47 Å². The summed E-state index contributed by atoms with van der Waals surface area (Å²) in [6.07, 6.45) is 0.0728. The minimum atomic E-state index is -0.501. The molecule has 0 spiro atoms. The molecular formula is C22H25N3O4S. The molecule has 30 heavy (non-hydrogen) atoms. The van der Waals surface area contributed by atoms with Crippen LogP contribution in [0.4, 0.5) is 11.4 Å². The number of carbonyl (C=O) groups excluding carboxylic acids is 2. The first-order chi connectivity index (χ1) is 14.5. The topological polar surface area (TPSA) is 80.2 Å². The van der Waals surface area contributed by atoms with E-state index in [0.29, 0.717) is 24.1 Å². The van der Waals surface area contributed by atoms with E-state index in [1.807, 2.05) is 38.1 Å². The van der Waals surface area contributed by atoms with Gasteiger partial charge in [-0.05, 0) is 62.4 Å². The van der Waals surface area contributed by atoms with Crippen LogP contribution < -0.4 is 14.8 Å². The fourth-order valence-corrected chi connectivity index (χ4v) is 4.03. The SMILES string of the molecule is CCOc1ccc(N=C2SC(CC(=O)Nc3ccc(OCC)cc3)C(=O)N2C)cc1. The number of benzene rings is 2. The first kappa shape index (κ1) is 21.7. The number of thioether (sulfide) groups is 1. The predicted molar refractivity (Wildman–Crippen MR) is 120 cm³/mol. The smallest absolute Gasteiger partial charge is 0.242 e. The van der Waals surface area contributed by atoms with Gasteiger partial charge in [0.2, 0.25) is 11.8 Å². The van der Waals surface area contributed by atoms with Gasteiger partial charge in [-0.2, -0.15) is 0 Å². The molecular weight excluding hydrogens is 402 g/mol. The van der Waals surface area contributed by atoms with E-state index < -0.39 is 5.25 Å². The third-order valence-electron chi connectivity index (χ3n) is 4.33. The number of aliphatic imine (C=N–C) groups is 1. The Balaban J connectivity index is 1.60. The lowest BCUT2D eigenvalue weighted by Gasteiger charge is -2.10. The van der Waals surface area contributed by atoms with Crippen molar-refractivity contribution in [1.29, 1.82) is 0 Å². The van der Waals surface area contributed by atoms with E-state index in [0.717, 1.165) is 17.2 Å². The molecule has 2 aromatic carbocycles. The summed E-state index contributed by atoms with van der Waals surface area (Å²) in [5.41, 5.74) is 1.38. The number of rotatable bonds is 8. The second kappa shape index (κ2) is 10.2. The van der Waals surface area contributed by atoms with Crippen LogP contribution in [-0.4, -0.2) is 47.4 Å². The van der Waals surface area contributed by atoms with Crippen LogP contribution in [0.1, 0.15) is 20.3 Å². The van der Waals surface area contributed by atoms with E-state index in [1.165, 1.54) is 16.7 Å². The molecule has 0 aromatic heterocycles. The fraction of sp³-hybridized carbons (Fsp3) is 0.318. The highest BCUT2D eigenvalue weighted by Gasteiger charge is 2.37. The molecule has 0 saturated carbocycles. The van der Waals surface area contributed by atoms with Crippen LogP contribution in [0.3, 0.4) is 0 Å². The van der Waals surface area contributed by atoms with Gasteiger partial charge < -0.3 is 14.8 Å². The van der Waals surface area contributed by atoms with Crippen LogP contribution in [0, 0.1) is 0 Å². The zero-order chi connectivity index (χ0) is 21.5. The van der Waals surface area contributed by atoms with Gasteiger partial charge in [0.1, 0.15) is 16.7 Å². The minimum absolute atomic E-state index is 0.0728. The molecule has 3 rings (SSSR count). The van der Waals surface area contributed by atoms with Crippen molar-refractivity contribution >= 4 is 40.1 Å². The Morgan fingerprint density at radius 1 is 1.03 bits per heavy atom.